The predicted octanol–water partition coefficient (Wildman–Crippen LogP) is 8.64. The van der Waals surface area contributed by atoms with E-state index >= 15 is 9.59 Å². The number of rotatable bonds is 19. The molecule has 12 nitrogen and oxygen atoms in total. The molecule has 6 atom stereocenters. The second-order valence-corrected chi connectivity index (χ2v) is 25.4. The first-order chi connectivity index (χ1) is 34.2. The van der Waals surface area contributed by atoms with E-state index in [1.807, 2.05) is 83.5 Å². The third-order valence-electron chi connectivity index (χ3n) is 15.6. The Hall–Kier alpha value is -5.57. The molecule has 0 aliphatic carbocycles. The summed E-state index contributed by atoms with van der Waals surface area (Å²) in [5, 5.41) is 24.9. The van der Waals surface area contributed by atoms with Crippen molar-refractivity contribution in [2.45, 2.75) is 129 Å². The van der Waals surface area contributed by atoms with E-state index in [2.05, 4.69) is 76.5 Å². The number of methoxy groups -OCH3 is 1. The lowest BCUT2D eigenvalue weighted by Crippen LogP contribution is -2.52. The number of fused-ring (bicyclic) bond motifs is 4. The summed E-state index contributed by atoms with van der Waals surface area (Å²) in [4.78, 5) is 51.3. The molecule has 13 heteroatoms. The smallest absolute Gasteiger partial charge is 0.264 e. The van der Waals surface area contributed by atoms with Crippen LogP contribution in [-0.4, -0.2) is 99.1 Å². The highest BCUT2D eigenvalue weighted by atomic mass is 28.3. The van der Waals surface area contributed by atoms with Gasteiger partial charge in [0.25, 0.3) is 5.91 Å². The third-order valence-corrected chi connectivity index (χ3v) is 19.9. The fourth-order valence-electron chi connectivity index (χ4n) is 11.8. The second-order valence-electron chi connectivity index (χ2n) is 20.7. The zero-order valence-corrected chi connectivity index (χ0v) is 44.0. The normalized spacial score (nSPS) is 22.9. The van der Waals surface area contributed by atoms with Gasteiger partial charge >= 0.3 is 0 Å². The summed E-state index contributed by atoms with van der Waals surface area (Å²) < 4.78 is 19.1. The van der Waals surface area contributed by atoms with Gasteiger partial charge in [-0.05, 0) is 144 Å². The van der Waals surface area contributed by atoms with Gasteiger partial charge in [-0.2, -0.15) is 0 Å². The van der Waals surface area contributed by atoms with Crippen molar-refractivity contribution in [3.8, 4) is 11.5 Å². The second kappa shape index (κ2) is 22.0. The monoisotopic (exact) mass is 983 g/mol. The standard InChI is InChI=1S/C58H74N4O8Si/c1-9-69-47-22-26-51-43(32-47)33-50(59-28-12-13-30-63)56(66)62(51)44-19-25-52-49(34-44)58(57(67)60(52)29-27-39(4)16-14-15-38(2)3)40(5)55(71(7,8)48-23-20-46(68-6)21-24-48)53(70-58)35-54(65)61-36-42-18-11-10-17-41(42)31-45(61)37-64/h10-11,15,17-27,32,34,40,45,50,53,55,59,63-64H,9,12-14,16,28-31,33,35-37H2,1-8H3/b39-27+/t40-,45+,50?,53+,55-,58+/m1/s1. The largest absolute Gasteiger partial charge is 0.497 e. The molecule has 4 aromatic rings. The molecule has 1 saturated heterocycles. The topological polar surface area (TPSA) is 141 Å². The maximum atomic E-state index is 16.0. The van der Waals surface area contributed by atoms with Crippen molar-refractivity contribution in [2.24, 2.45) is 5.92 Å². The van der Waals surface area contributed by atoms with Crippen molar-refractivity contribution in [2.75, 3.05) is 49.8 Å². The van der Waals surface area contributed by atoms with Crippen LogP contribution in [0.2, 0.25) is 18.6 Å². The summed E-state index contributed by atoms with van der Waals surface area (Å²) in [6, 6.07) is 27.1. The Balaban J connectivity index is 1.26. The first-order valence-corrected chi connectivity index (χ1v) is 28.7. The molecule has 3 N–H and O–H groups in total. The zero-order chi connectivity index (χ0) is 50.6. The Morgan fingerprint density at radius 2 is 1.63 bits per heavy atom. The van der Waals surface area contributed by atoms with Crippen LogP contribution in [0.1, 0.15) is 89.0 Å². The van der Waals surface area contributed by atoms with Crippen LogP contribution in [-0.2, 0) is 44.1 Å². The highest BCUT2D eigenvalue weighted by Gasteiger charge is 2.66. The molecule has 1 unspecified atom stereocenters. The number of ether oxygens (including phenoxy) is 3. The molecule has 4 heterocycles. The molecule has 4 aliphatic rings. The van der Waals surface area contributed by atoms with Crippen molar-refractivity contribution in [1.29, 1.82) is 0 Å². The van der Waals surface area contributed by atoms with E-state index in [0.29, 0.717) is 56.8 Å². The van der Waals surface area contributed by atoms with Crippen LogP contribution < -0.4 is 29.8 Å². The summed E-state index contributed by atoms with van der Waals surface area (Å²) >= 11 is 0. The molecule has 0 aromatic heterocycles. The number of hydrogen-bond donors (Lipinski definition) is 3. The molecule has 4 aliphatic heterocycles. The number of amides is 3. The van der Waals surface area contributed by atoms with Crippen LogP contribution >= 0.6 is 0 Å². The van der Waals surface area contributed by atoms with Crippen molar-refractivity contribution < 1.29 is 38.8 Å². The van der Waals surface area contributed by atoms with E-state index in [0.717, 1.165) is 64.0 Å². The summed E-state index contributed by atoms with van der Waals surface area (Å²) in [5.41, 5.74) is 6.60. The van der Waals surface area contributed by atoms with Gasteiger partial charge in [-0.25, -0.2) is 0 Å². The summed E-state index contributed by atoms with van der Waals surface area (Å²) in [6.45, 7) is 16.7. The summed E-state index contributed by atoms with van der Waals surface area (Å²) in [7, 11) is -1.01. The number of hydrogen-bond acceptors (Lipinski definition) is 9. The van der Waals surface area contributed by atoms with Crippen LogP contribution in [0.15, 0.2) is 108 Å². The minimum absolute atomic E-state index is 0.0253. The number of nitrogens with zero attached hydrogens (tertiary/aromatic N) is 3. The van der Waals surface area contributed by atoms with Gasteiger partial charge in [-0.15, -0.1) is 0 Å². The van der Waals surface area contributed by atoms with Crippen molar-refractivity contribution in [3.63, 3.8) is 0 Å². The number of carbonyl (C=O) groups is 3. The van der Waals surface area contributed by atoms with E-state index < -0.39 is 37.8 Å². The fraction of sp³-hybridized carbons (Fsp3) is 0.466. The van der Waals surface area contributed by atoms with Gasteiger partial charge < -0.3 is 39.5 Å². The van der Waals surface area contributed by atoms with Crippen molar-refractivity contribution in [3.05, 3.63) is 130 Å². The lowest BCUT2D eigenvalue weighted by Gasteiger charge is -2.39. The van der Waals surface area contributed by atoms with Gasteiger partial charge in [-0.1, -0.05) is 84.9 Å². The molecule has 378 valence electrons. The lowest BCUT2D eigenvalue weighted by molar-refractivity contribution is -0.150. The predicted molar refractivity (Wildman–Crippen MR) is 284 cm³/mol. The molecule has 0 radical (unpaired) electrons. The zero-order valence-electron chi connectivity index (χ0n) is 43.0. The molecule has 1 fully saturated rings. The quantitative estimate of drug-likeness (QED) is 0.0479. The molecule has 0 bridgehead atoms. The highest BCUT2D eigenvalue weighted by molar-refractivity contribution is 6.91. The van der Waals surface area contributed by atoms with Gasteiger partial charge in [0.1, 0.15) is 11.5 Å². The summed E-state index contributed by atoms with van der Waals surface area (Å²) in [6.07, 6.45) is 7.85. The Bertz CT molecular complexity index is 2640. The van der Waals surface area contributed by atoms with Gasteiger partial charge in [0.15, 0.2) is 5.60 Å². The summed E-state index contributed by atoms with van der Waals surface area (Å²) in [5.74, 6) is 0.639. The van der Waals surface area contributed by atoms with Gasteiger partial charge in [0.05, 0.1) is 64.4 Å². The first kappa shape index (κ1) is 51.8. The molecular weight excluding hydrogens is 909 g/mol. The molecule has 4 aromatic carbocycles. The van der Waals surface area contributed by atoms with Gasteiger partial charge in [0.2, 0.25) is 11.8 Å². The number of aliphatic hydroxyl groups is 2. The first-order valence-electron chi connectivity index (χ1n) is 25.7. The Kier molecular flexibility index (Phi) is 16.1. The average Bonchev–Trinajstić information content (AvgIpc) is 3.79. The van der Waals surface area contributed by atoms with Crippen LogP contribution in [0.4, 0.5) is 17.1 Å². The molecule has 8 rings (SSSR count). The Morgan fingerprint density at radius 1 is 0.901 bits per heavy atom. The van der Waals surface area contributed by atoms with E-state index in [9.17, 15) is 15.0 Å². The number of carbonyl (C=O) groups excluding carboxylic acids is 3. The van der Waals surface area contributed by atoms with E-state index in [1.165, 1.54) is 11.1 Å². The van der Waals surface area contributed by atoms with E-state index in [4.69, 9.17) is 14.2 Å². The maximum absolute atomic E-state index is 16.0. The lowest BCUT2D eigenvalue weighted by atomic mass is 9.82. The Morgan fingerprint density at radius 3 is 2.34 bits per heavy atom. The van der Waals surface area contributed by atoms with Crippen LogP contribution in [0.3, 0.4) is 0 Å². The third kappa shape index (κ3) is 10.3. The molecule has 71 heavy (non-hydrogen) atoms. The van der Waals surface area contributed by atoms with Crippen molar-refractivity contribution in [1.82, 2.24) is 10.2 Å². The minimum atomic E-state index is -2.67. The van der Waals surface area contributed by atoms with E-state index in [-0.39, 0.29) is 42.9 Å². The maximum Gasteiger partial charge on any atom is 0.264 e. The van der Waals surface area contributed by atoms with Crippen molar-refractivity contribution >= 4 is 48.0 Å². The highest BCUT2D eigenvalue weighted by Crippen LogP contribution is 2.61. The number of nitrogens with one attached hydrogen (secondary N) is 1. The molecule has 1 spiro atoms. The number of benzene rings is 4. The van der Waals surface area contributed by atoms with Gasteiger partial charge in [-0.3, -0.25) is 19.3 Å². The van der Waals surface area contributed by atoms with Gasteiger partial charge in [0, 0.05) is 36.9 Å². The van der Waals surface area contributed by atoms with Crippen LogP contribution in [0.5, 0.6) is 11.5 Å². The Labute approximate surface area is 421 Å². The molecular formula is C58H74N4O8Si. The van der Waals surface area contributed by atoms with Crippen LogP contribution in [0.25, 0.3) is 0 Å². The SMILES string of the molecule is CCOc1ccc2c(c1)CC(NCCCCO)C(=O)N2c1ccc2c(c1)[C@]1(O[C@@H](CC(=O)N3Cc4ccccc4C[C@H]3CO)[C@H]([Si](C)(C)c3ccc(OC)cc3)[C@H]1C)C(=O)N2C/C=C(\C)CCC=C(C)C. The fourth-order valence-corrected chi connectivity index (χ4v) is 15.8. The van der Waals surface area contributed by atoms with Crippen LogP contribution in [0, 0.1) is 5.92 Å². The molecule has 0 saturated carbocycles. The molecule has 3 amide bonds. The number of aliphatic hydroxyl groups excluding tert-OH is 2. The van der Waals surface area contributed by atoms with E-state index in [1.54, 1.807) is 12.0 Å². The number of allylic oxidation sites excluding steroid dienone is 3. The minimum Gasteiger partial charge on any atom is -0.497 e. The average molecular weight is 983 g/mol. The number of anilines is 3. The number of unbranched alkanes of at least 4 members (excludes halogenated alkanes) is 1.